The van der Waals surface area contributed by atoms with Crippen molar-refractivity contribution >= 4 is 9.53 Å². The zero-order chi connectivity index (χ0) is 14.7. The molecule has 1 aliphatic heterocycles. The van der Waals surface area contributed by atoms with Crippen LogP contribution in [0.4, 0.5) is 0 Å². The van der Waals surface area contributed by atoms with Crippen LogP contribution in [-0.2, 0) is 13.3 Å². The number of rotatable bonds is 8. The maximum absolute atomic E-state index is 5.85. The summed E-state index contributed by atoms with van der Waals surface area (Å²) in [6, 6.07) is 1.09. The van der Waals surface area contributed by atoms with Gasteiger partial charge in [-0.25, -0.2) is 0 Å². The molecule has 0 bridgehead atoms. The molecule has 3 atom stereocenters. The maximum Gasteiger partial charge on any atom is 0.483 e. The van der Waals surface area contributed by atoms with Crippen LogP contribution in [0.1, 0.15) is 39.5 Å². The first-order valence-corrected chi connectivity index (χ1v) is 8.59. The molecule has 1 fully saturated rings. The molecule has 1 saturated heterocycles. The molecular formula is C13H32N2O3Si. The lowest BCUT2D eigenvalue weighted by Gasteiger charge is -2.40. The van der Waals surface area contributed by atoms with Gasteiger partial charge >= 0.3 is 9.53 Å². The molecule has 0 aliphatic carbocycles. The Labute approximate surface area is 120 Å². The molecule has 1 rings (SSSR count). The van der Waals surface area contributed by atoms with E-state index in [0.717, 1.165) is 18.5 Å². The Morgan fingerprint density at radius 1 is 1.21 bits per heavy atom. The highest BCUT2D eigenvalue weighted by atomic mass is 28.3. The van der Waals surface area contributed by atoms with Crippen molar-refractivity contribution in [2.45, 2.75) is 51.6 Å². The van der Waals surface area contributed by atoms with Gasteiger partial charge in [-0.05, 0) is 13.3 Å². The molecule has 0 saturated carbocycles. The van der Waals surface area contributed by atoms with Crippen LogP contribution in [-0.4, -0.2) is 49.5 Å². The molecule has 19 heavy (non-hydrogen) atoms. The lowest BCUT2D eigenvalue weighted by Crippen LogP contribution is -2.58. The van der Waals surface area contributed by atoms with Gasteiger partial charge in [0.15, 0.2) is 0 Å². The summed E-state index contributed by atoms with van der Waals surface area (Å²) in [6.07, 6.45) is 5.36. The zero-order valence-electron chi connectivity index (χ0n) is 13.1. The number of hydrogen-bond donors (Lipinski definition) is 2. The standard InChI is InChI=1S/C10H22N2.C3H10O3Si/c1-3-4-5-6-10-9(7-12-10)8(2)11;1-4-7(5-2)6-3/h8-10,12H,3-7,11H2,1-2H3;7H,1-3H3. The summed E-state index contributed by atoms with van der Waals surface area (Å²) in [5.74, 6) is 0.738. The van der Waals surface area contributed by atoms with Gasteiger partial charge in [0.05, 0.1) is 0 Å². The highest BCUT2D eigenvalue weighted by Gasteiger charge is 2.31. The molecule has 0 aromatic rings. The molecular weight excluding hydrogens is 260 g/mol. The Bertz CT molecular complexity index is 199. The predicted molar refractivity (Wildman–Crippen MR) is 81.2 cm³/mol. The quantitative estimate of drug-likeness (QED) is 0.519. The van der Waals surface area contributed by atoms with Crippen LogP contribution < -0.4 is 11.1 Å². The van der Waals surface area contributed by atoms with Gasteiger partial charge in [-0.3, -0.25) is 0 Å². The summed E-state index contributed by atoms with van der Waals surface area (Å²) in [7, 11) is 3.05. The third-order valence-electron chi connectivity index (χ3n) is 3.50. The Kier molecular flexibility index (Phi) is 11.8. The van der Waals surface area contributed by atoms with Crippen LogP contribution in [0.25, 0.3) is 0 Å². The second kappa shape index (κ2) is 11.8. The maximum atomic E-state index is 5.85. The summed E-state index contributed by atoms with van der Waals surface area (Å²) >= 11 is 0. The Hall–Kier alpha value is 0.0169. The largest absolute Gasteiger partial charge is 0.483 e. The minimum Gasteiger partial charge on any atom is -0.379 e. The van der Waals surface area contributed by atoms with Crippen molar-refractivity contribution in [2.75, 3.05) is 27.9 Å². The fraction of sp³-hybridized carbons (Fsp3) is 1.00. The first-order valence-electron chi connectivity index (χ1n) is 7.18. The number of unbranched alkanes of at least 4 members (excludes halogenated alkanes) is 2. The lowest BCUT2D eigenvalue weighted by atomic mass is 9.83. The van der Waals surface area contributed by atoms with E-state index in [-0.39, 0.29) is 0 Å². The normalized spacial score (nSPS) is 23.5. The third kappa shape index (κ3) is 8.01. The molecule has 3 N–H and O–H groups in total. The monoisotopic (exact) mass is 292 g/mol. The molecule has 0 radical (unpaired) electrons. The van der Waals surface area contributed by atoms with Gasteiger partial charge in [0.2, 0.25) is 0 Å². The first-order chi connectivity index (χ1) is 9.10. The van der Waals surface area contributed by atoms with Gasteiger partial charge in [-0.1, -0.05) is 26.2 Å². The molecule has 3 unspecified atom stereocenters. The molecule has 0 aromatic heterocycles. The van der Waals surface area contributed by atoms with Crippen LogP contribution in [0.3, 0.4) is 0 Å². The van der Waals surface area contributed by atoms with E-state index in [1.165, 1.54) is 25.7 Å². The van der Waals surface area contributed by atoms with E-state index in [4.69, 9.17) is 19.0 Å². The average molecular weight is 292 g/mol. The minimum absolute atomic E-state index is 0.373. The smallest absolute Gasteiger partial charge is 0.379 e. The Balaban J connectivity index is 0.000000399. The van der Waals surface area contributed by atoms with E-state index < -0.39 is 9.53 Å². The minimum atomic E-state index is -1.67. The van der Waals surface area contributed by atoms with Crippen LogP contribution >= 0.6 is 0 Å². The van der Waals surface area contributed by atoms with E-state index in [1.807, 2.05) is 0 Å². The van der Waals surface area contributed by atoms with Crippen LogP contribution in [0.15, 0.2) is 0 Å². The van der Waals surface area contributed by atoms with Crippen molar-refractivity contribution in [1.29, 1.82) is 0 Å². The van der Waals surface area contributed by atoms with Gasteiger partial charge in [-0.2, -0.15) is 0 Å². The van der Waals surface area contributed by atoms with E-state index in [1.54, 1.807) is 21.3 Å². The van der Waals surface area contributed by atoms with Crippen molar-refractivity contribution in [3.8, 4) is 0 Å². The summed E-state index contributed by atoms with van der Waals surface area (Å²) < 4.78 is 14.2. The van der Waals surface area contributed by atoms with Crippen molar-refractivity contribution in [2.24, 2.45) is 11.7 Å². The molecule has 0 amide bonds. The third-order valence-corrected chi connectivity index (χ3v) is 4.66. The highest BCUT2D eigenvalue weighted by Crippen LogP contribution is 2.21. The fourth-order valence-corrected chi connectivity index (χ4v) is 2.77. The van der Waals surface area contributed by atoms with Gasteiger partial charge in [0.1, 0.15) is 0 Å². The summed E-state index contributed by atoms with van der Waals surface area (Å²) in [6.45, 7) is 5.50. The number of nitrogens with one attached hydrogen (secondary N) is 1. The number of hydrogen-bond acceptors (Lipinski definition) is 5. The molecule has 1 aliphatic rings. The molecule has 6 heteroatoms. The SMILES string of the molecule is CCCCCC1NCC1C(C)N.CO[SiH](OC)OC. The van der Waals surface area contributed by atoms with Crippen molar-refractivity contribution < 1.29 is 13.3 Å². The van der Waals surface area contributed by atoms with E-state index >= 15 is 0 Å². The molecule has 0 spiro atoms. The Morgan fingerprint density at radius 2 is 1.79 bits per heavy atom. The van der Waals surface area contributed by atoms with Crippen molar-refractivity contribution in [1.82, 2.24) is 5.32 Å². The molecule has 116 valence electrons. The topological polar surface area (TPSA) is 65.7 Å². The molecule has 1 heterocycles. The fourth-order valence-electron chi connectivity index (χ4n) is 2.19. The lowest BCUT2D eigenvalue weighted by molar-refractivity contribution is 0.163. The highest BCUT2D eigenvalue weighted by molar-refractivity contribution is 6.36. The van der Waals surface area contributed by atoms with Crippen molar-refractivity contribution in [3.05, 3.63) is 0 Å². The van der Waals surface area contributed by atoms with Crippen molar-refractivity contribution in [3.63, 3.8) is 0 Å². The first kappa shape index (κ1) is 19.0. The van der Waals surface area contributed by atoms with Gasteiger partial charge in [-0.15, -0.1) is 0 Å². The van der Waals surface area contributed by atoms with Crippen LogP contribution in [0.5, 0.6) is 0 Å². The van der Waals surface area contributed by atoms with E-state index in [0.29, 0.717) is 6.04 Å². The predicted octanol–water partition coefficient (Wildman–Crippen LogP) is 1.14. The second-order valence-corrected chi connectivity index (χ2v) is 7.02. The van der Waals surface area contributed by atoms with Crippen LogP contribution in [0.2, 0.25) is 0 Å². The average Bonchev–Trinajstić information content (AvgIpc) is 2.35. The summed E-state index contributed by atoms with van der Waals surface area (Å²) in [5.41, 5.74) is 5.85. The van der Waals surface area contributed by atoms with Gasteiger partial charge in [0, 0.05) is 45.9 Å². The van der Waals surface area contributed by atoms with E-state index in [9.17, 15) is 0 Å². The van der Waals surface area contributed by atoms with Gasteiger partial charge in [0.25, 0.3) is 0 Å². The Morgan fingerprint density at radius 3 is 2.05 bits per heavy atom. The summed E-state index contributed by atoms with van der Waals surface area (Å²) in [4.78, 5) is 0. The molecule has 5 nitrogen and oxygen atoms in total. The number of nitrogens with two attached hydrogens (primary N) is 1. The van der Waals surface area contributed by atoms with E-state index in [2.05, 4.69) is 19.2 Å². The van der Waals surface area contributed by atoms with Crippen LogP contribution in [0, 0.1) is 5.92 Å². The zero-order valence-corrected chi connectivity index (χ0v) is 14.3. The summed E-state index contributed by atoms with van der Waals surface area (Å²) in [5, 5.41) is 3.46. The van der Waals surface area contributed by atoms with Gasteiger partial charge < -0.3 is 24.3 Å². The molecule has 0 aromatic carbocycles. The second-order valence-electron chi connectivity index (χ2n) is 5.03.